The lowest BCUT2D eigenvalue weighted by molar-refractivity contribution is -0.129. The summed E-state index contributed by atoms with van der Waals surface area (Å²) in [7, 11) is 0. The zero-order valence-corrected chi connectivity index (χ0v) is 9.19. The van der Waals surface area contributed by atoms with Crippen LogP contribution in [0, 0.1) is 0 Å². The molecule has 1 saturated carbocycles. The van der Waals surface area contributed by atoms with Crippen molar-refractivity contribution in [1.29, 1.82) is 0 Å². The fourth-order valence-electron chi connectivity index (χ4n) is 1.93. The van der Waals surface area contributed by atoms with Gasteiger partial charge in [-0.1, -0.05) is 0 Å². The van der Waals surface area contributed by atoms with Crippen LogP contribution >= 0.6 is 0 Å². The van der Waals surface area contributed by atoms with Gasteiger partial charge in [0.05, 0.1) is 13.2 Å². The summed E-state index contributed by atoms with van der Waals surface area (Å²) in [6, 6.07) is 0.117. The molecule has 0 radical (unpaired) electrons. The van der Waals surface area contributed by atoms with E-state index in [1.54, 1.807) is 0 Å². The van der Waals surface area contributed by atoms with Crippen LogP contribution in [-0.4, -0.2) is 65.7 Å². The third kappa shape index (κ3) is 2.51. The molecule has 0 atom stereocenters. The summed E-state index contributed by atoms with van der Waals surface area (Å²) in [6.07, 6.45) is 2.17. The molecule has 1 saturated heterocycles. The molecule has 0 unspecified atom stereocenters. The van der Waals surface area contributed by atoms with Crippen LogP contribution in [0.15, 0.2) is 0 Å². The second kappa shape index (κ2) is 4.80. The number of aliphatic hydroxyl groups is 1. The fraction of sp³-hybridized carbons (Fsp3) is 0.800. The monoisotopic (exact) mass is 227 g/mol. The van der Waals surface area contributed by atoms with Crippen LogP contribution in [0.5, 0.6) is 0 Å². The Balaban J connectivity index is 1.86. The van der Waals surface area contributed by atoms with Gasteiger partial charge in [0.15, 0.2) is 0 Å². The fourth-order valence-corrected chi connectivity index (χ4v) is 1.93. The van der Waals surface area contributed by atoms with Crippen molar-refractivity contribution in [3.05, 3.63) is 0 Å². The molecular formula is C10H17N3O3. The summed E-state index contributed by atoms with van der Waals surface area (Å²) >= 11 is 0. The molecule has 90 valence electrons. The normalized spacial score (nSPS) is 20.4. The van der Waals surface area contributed by atoms with Crippen molar-refractivity contribution in [3.63, 3.8) is 0 Å². The Morgan fingerprint density at radius 1 is 1.56 bits per heavy atom. The van der Waals surface area contributed by atoms with Crippen LogP contribution in [0.2, 0.25) is 0 Å². The average molecular weight is 227 g/mol. The maximum absolute atomic E-state index is 11.8. The van der Waals surface area contributed by atoms with Gasteiger partial charge in [0, 0.05) is 25.7 Å². The first kappa shape index (κ1) is 11.3. The minimum Gasteiger partial charge on any atom is -0.395 e. The number of carbonyl (C=O) groups is 2. The van der Waals surface area contributed by atoms with Crippen LogP contribution in [0.3, 0.4) is 0 Å². The SMILES string of the molecule is O=C(CN(CCO)C1CC1)N1CCNC1=O. The van der Waals surface area contributed by atoms with Crippen molar-refractivity contribution in [2.45, 2.75) is 18.9 Å². The van der Waals surface area contributed by atoms with Gasteiger partial charge in [0.1, 0.15) is 0 Å². The van der Waals surface area contributed by atoms with Crippen LogP contribution in [0.1, 0.15) is 12.8 Å². The minimum absolute atomic E-state index is 0.0516. The molecule has 6 nitrogen and oxygen atoms in total. The van der Waals surface area contributed by atoms with Crippen LogP contribution in [0.25, 0.3) is 0 Å². The number of amides is 3. The molecule has 0 aromatic carbocycles. The minimum atomic E-state index is -0.301. The Hall–Kier alpha value is -1.14. The van der Waals surface area contributed by atoms with E-state index < -0.39 is 0 Å². The highest BCUT2D eigenvalue weighted by Crippen LogP contribution is 2.26. The molecule has 0 aromatic heterocycles. The van der Waals surface area contributed by atoms with Crippen molar-refractivity contribution in [3.8, 4) is 0 Å². The van der Waals surface area contributed by atoms with E-state index in [-0.39, 0.29) is 25.1 Å². The topological polar surface area (TPSA) is 72.9 Å². The van der Waals surface area contributed by atoms with Gasteiger partial charge in [0.2, 0.25) is 5.91 Å². The maximum atomic E-state index is 11.8. The third-order valence-corrected chi connectivity index (χ3v) is 2.95. The zero-order chi connectivity index (χ0) is 11.5. The van der Waals surface area contributed by atoms with Gasteiger partial charge in [-0.15, -0.1) is 0 Å². The second-order valence-electron chi connectivity index (χ2n) is 4.20. The van der Waals surface area contributed by atoms with Gasteiger partial charge in [-0.3, -0.25) is 14.6 Å². The molecular weight excluding hydrogens is 210 g/mol. The third-order valence-electron chi connectivity index (χ3n) is 2.95. The molecule has 2 rings (SSSR count). The predicted molar refractivity (Wildman–Crippen MR) is 56.8 cm³/mol. The summed E-state index contributed by atoms with van der Waals surface area (Å²) in [4.78, 5) is 26.3. The molecule has 2 fully saturated rings. The molecule has 1 heterocycles. The first-order chi connectivity index (χ1) is 7.72. The van der Waals surface area contributed by atoms with Crippen LogP contribution in [-0.2, 0) is 4.79 Å². The van der Waals surface area contributed by atoms with E-state index in [0.29, 0.717) is 25.7 Å². The lowest BCUT2D eigenvalue weighted by Crippen LogP contribution is -2.43. The van der Waals surface area contributed by atoms with E-state index in [4.69, 9.17) is 5.11 Å². The maximum Gasteiger partial charge on any atom is 0.324 e. The smallest absolute Gasteiger partial charge is 0.324 e. The number of rotatable bonds is 5. The summed E-state index contributed by atoms with van der Waals surface area (Å²) in [5, 5.41) is 11.5. The lowest BCUT2D eigenvalue weighted by atomic mass is 10.4. The van der Waals surface area contributed by atoms with E-state index in [1.165, 1.54) is 4.90 Å². The molecule has 0 aromatic rings. The van der Waals surface area contributed by atoms with Gasteiger partial charge in [-0.2, -0.15) is 0 Å². The van der Waals surface area contributed by atoms with Gasteiger partial charge >= 0.3 is 6.03 Å². The Kier molecular flexibility index (Phi) is 3.40. The van der Waals surface area contributed by atoms with Crippen molar-refractivity contribution in [1.82, 2.24) is 15.1 Å². The number of hydrogen-bond acceptors (Lipinski definition) is 4. The molecule has 1 aliphatic heterocycles. The molecule has 2 N–H and O–H groups in total. The Morgan fingerprint density at radius 3 is 2.81 bits per heavy atom. The second-order valence-corrected chi connectivity index (χ2v) is 4.20. The summed E-state index contributed by atoms with van der Waals surface area (Å²) in [5.41, 5.74) is 0. The van der Waals surface area contributed by atoms with Gasteiger partial charge < -0.3 is 10.4 Å². The number of nitrogens with zero attached hydrogens (tertiary/aromatic N) is 2. The van der Waals surface area contributed by atoms with E-state index in [2.05, 4.69) is 5.32 Å². The highest BCUT2D eigenvalue weighted by molar-refractivity contribution is 5.96. The predicted octanol–water partition coefficient (Wildman–Crippen LogP) is -1.01. The van der Waals surface area contributed by atoms with Crippen molar-refractivity contribution in [2.24, 2.45) is 0 Å². The first-order valence-corrected chi connectivity index (χ1v) is 5.65. The van der Waals surface area contributed by atoms with Crippen molar-refractivity contribution >= 4 is 11.9 Å². The van der Waals surface area contributed by atoms with Gasteiger partial charge in [-0.05, 0) is 12.8 Å². The Labute approximate surface area is 94.2 Å². The molecule has 1 aliphatic carbocycles. The van der Waals surface area contributed by atoms with Crippen molar-refractivity contribution in [2.75, 3.05) is 32.8 Å². The first-order valence-electron chi connectivity index (χ1n) is 5.65. The summed E-state index contributed by atoms with van der Waals surface area (Å²) in [6.45, 7) is 1.78. The molecule has 16 heavy (non-hydrogen) atoms. The number of aliphatic hydroxyl groups excluding tert-OH is 1. The number of imide groups is 1. The molecule has 2 aliphatic rings. The molecule has 0 bridgehead atoms. The Bertz CT molecular complexity index is 291. The van der Waals surface area contributed by atoms with Crippen molar-refractivity contribution < 1.29 is 14.7 Å². The lowest BCUT2D eigenvalue weighted by Gasteiger charge is -2.22. The average Bonchev–Trinajstić information content (AvgIpc) is 3.00. The highest BCUT2D eigenvalue weighted by atomic mass is 16.3. The molecule has 0 spiro atoms. The largest absolute Gasteiger partial charge is 0.395 e. The van der Waals surface area contributed by atoms with E-state index in [9.17, 15) is 9.59 Å². The van der Waals surface area contributed by atoms with E-state index in [1.807, 2.05) is 4.90 Å². The quantitative estimate of drug-likeness (QED) is 0.631. The number of carbonyl (C=O) groups excluding carboxylic acids is 2. The van der Waals surface area contributed by atoms with E-state index >= 15 is 0 Å². The summed E-state index contributed by atoms with van der Waals surface area (Å²) in [5.74, 6) is -0.171. The number of urea groups is 1. The summed E-state index contributed by atoms with van der Waals surface area (Å²) < 4.78 is 0. The standard InChI is InChI=1S/C10H17N3O3/c14-6-5-12(8-1-2-8)7-9(15)13-4-3-11-10(13)16/h8,14H,1-7H2,(H,11,16). The molecule has 6 heteroatoms. The van der Waals surface area contributed by atoms with Gasteiger partial charge in [-0.25, -0.2) is 4.79 Å². The van der Waals surface area contributed by atoms with Gasteiger partial charge in [0.25, 0.3) is 0 Å². The number of hydrogen-bond donors (Lipinski definition) is 2. The van der Waals surface area contributed by atoms with Crippen LogP contribution in [0.4, 0.5) is 4.79 Å². The molecule has 3 amide bonds. The zero-order valence-electron chi connectivity index (χ0n) is 9.19. The van der Waals surface area contributed by atoms with E-state index in [0.717, 1.165) is 12.8 Å². The Morgan fingerprint density at radius 2 is 2.31 bits per heavy atom. The van der Waals surface area contributed by atoms with Crippen LogP contribution < -0.4 is 5.32 Å². The number of nitrogens with one attached hydrogen (secondary N) is 1. The highest BCUT2D eigenvalue weighted by Gasteiger charge is 2.33.